The summed E-state index contributed by atoms with van der Waals surface area (Å²) in [6, 6.07) is 14.3. The molecule has 2 nitrogen and oxygen atoms in total. The molecule has 0 aromatic heterocycles. The maximum atomic E-state index is 12.9. The highest BCUT2D eigenvalue weighted by atomic mass is 127. The molecular weight excluding hydrogens is 395 g/mol. The first kappa shape index (κ1) is 16.1. The molecule has 0 radical (unpaired) electrons. The fraction of sp³-hybridized carbons (Fsp3) is 0.176. The number of halogens is 1. The van der Waals surface area contributed by atoms with E-state index in [1.165, 1.54) is 0 Å². The molecule has 0 amide bonds. The standard InChI is InChI=1S/C17H15IO2S/c1-3-6-17(15-7-4-5-8-16(15)18)21(19,20)14-11-9-13(2)10-12-14/h1,4-5,7-12,17H,6H2,2H3. The van der Waals surface area contributed by atoms with Crippen molar-refractivity contribution in [3.8, 4) is 12.3 Å². The Morgan fingerprint density at radius 3 is 2.33 bits per heavy atom. The van der Waals surface area contributed by atoms with E-state index in [0.717, 1.165) is 14.7 Å². The fourth-order valence-corrected chi connectivity index (χ4v) is 4.80. The Morgan fingerprint density at radius 2 is 1.76 bits per heavy atom. The molecule has 21 heavy (non-hydrogen) atoms. The third-order valence-electron chi connectivity index (χ3n) is 3.28. The molecule has 2 aromatic rings. The van der Waals surface area contributed by atoms with E-state index in [0.29, 0.717) is 4.90 Å². The minimum Gasteiger partial charge on any atom is -0.223 e. The Labute approximate surface area is 139 Å². The molecule has 0 aliphatic heterocycles. The Kier molecular flexibility index (Phi) is 5.07. The van der Waals surface area contributed by atoms with Crippen molar-refractivity contribution in [3.05, 3.63) is 63.2 Å². The Morgan fingerprint density at radius 1 is 1.14 bits per heavy atom. The normalized spacial score (nSPS) is 12.6. The summed E-state index contributed by atoms with van der Waals surface area (Å²) in [6.45, 7) is 1.93. The van der Waals surface area contributed by atoms with Crippen molar-refractivity contribution < 1.29 is 8.42 Å². The number of rotatable bonds is 4. The summed E-state index contributed by atoms with van der Waals surface area (Å²) in [6.07, 6.45) is 5.56. The zero-order valence-corrected chi connectivity index (χ0v) is 14.6. The van der Waals surface area contributed by atoms with Crippen molar-refractivity contribution in [3.63, 3.8) is 0 Å². The Hall–Kier alpha value is -1.32. The van der Waals surface area contributed by atoms with E-state index in [4.69, 9.17) is 6.42 Å². The van der Waals surface area contributed by atoms with Gasteiger partial charge in [-0.3, -0.25) is 0 Å². The second-order valence-electron chi connectivity index (χ2n) is 4.78. The third kappa shape index (κ3) is 3.47. The van der Waals surface area contributed by atoms with Crippen LogP contribution in [0.2, 0.25) is 0 Å². The number of benzene rings is 2. The molecule has 0 N–H and O–H groups in total. The molecule has 0 saturated heterocycles. The second kappa shape index (κ2) is 6.63. The molecule has 0 heterocycles. The third-order valence-corrected chi connectivity index (χ3v) is 6.36. The van der Waals surface area contributed by atoms with Crippen LogP contribution in [-0.4, -0.2) is 8.42 Å². The number of terminal acetylenes is 1. The van der Waals surface area contributed by atoms with Gasteiger partial charge in [-0.05, 0) is 53.3 Å². The van der Waals surface area contributed by atoms with Gasteiger partial charge in [0.15, 0.2) is 9.84 Å². The average molecular weight is 410 g/mol. The van der Waals surface area contributed by atoms with Crippen LogP contribution in [0.1, 0.15) is 22.8 Å². The molecule has 1 unspecified atom stereocenters. The van der Waals surface area contributed by atoms with Crippen LogP contribution in [0.25, 0.3) is 0 Å². The molecule has 1 atom stereocenters. The summed E-state index contributed by atoms with van der Waals surface area (Å²) < 4.78 is 26.7. The summed E-state index contributed by atoms with van der Waals surface area (Å²) in [5.74, 6) is 2.50. The molecule has 0 aliphatic carbocycles. The van der Waals surface area contributed by atoms with Gasteiger partial charge >= 0.3 is 0 Å². The summed E-state index contributed by atoms with van der Waals surface area (Å²) in [7, 11) is -3.50. The molecular formula is C17H15IO2S. The number of hydrogen-bond donors (Lipinski definition) is 0. The van der Waals surface area contributed by atoms with Gasteiger partial charge in [0.1, 0.15) is 5.25 Å². The van der Waals surface area contributed by atoms with E-state index in [2.05, 4.69) is 28.5 Å². The van der Waals surface area contributed by atoms with Gasteiger partial charge in [-0.25, -0.2) is 8.42 Å². The zero-order chi connectivity index (χ0) is 15.5. The van der Waals surface area contributed by atoms with Crippen LogP contribution in [0.4, 0.5) is 0 Å². The predicted octanol–water partition coefficient (Wildman–Crippen LogP) is 4.14. The molecule has 0 bridgehead atoms. The van der Waals surface area contributed by atoms with E-state index >= 15 is 0 Å². The SMILES string of the molecule is C#CCC(c1ccccc1I)S(=O)(=O)c1ccc(C)cc1. The van der Waals surface area contributed by atoms with E-state index in [9.17, 15) is 8.42 Å². The second-order valence-corrected chi connectivity index (χ2v) is 8.07. The molecule has 0 fully saturated rings. The molecule has 0 aliphatic rings. The molecule has 108 valence electrons. The average Bonchev–Trinajstić information content (AvgIpc) is 2.46. The lowest BCUT2D eigenvalue weighted by Gasteiger charge is -2.17. The first-order valence-electron chi connectivity index (χ1n) is 6.45. The van der Waals surface area contributed by atoms with Crippen LogP contribution in [0.15, 0.2) is 53.4 Å². The summed E-state index contributed by atoms with van der Waals surface area (Å²) in [5.41, 5.74) is 1.79. The summed E-state index contributed by atoms with van der Waals surface area (Å²) in [4.78, 5) is 0.313. The van der Waals surface area contributed by atoms with Crippen molar-refractivity contribution in [2.45, 2.75) is 23.5 Å². The van der Waals surface area contributed by atoms with Gasteiger partial charge in [0.2, 0.25) is 0 Å². The van der Waals surface area contributed by atoms with Gasteiger partial charge in [0.05, 0.1) is 4.90 Å². The Bertz CT molecular complexity index is 771. The lowest BCUT2D eigenvalue weighted by Crippen LogP contribution is -2.14. The monoisotopic (exact) mass is 410 g/mol. The zero-order valence-electron chi connectivity index (χ0n) is 11.6. The maximum Gasteiger partial charge on any atom is 0.186 e. The molecule has 0 spiro atoms. The highest BCUT2D eigenvalue weighted by Crippen LogP contribution is 2.34. The number of sulfone groups is 1. The predicted molar refractivity (Wildman–Crippen MR) is 93.7 cm³/mol. The first-order valence-corrected chi connectivity index (χ1v) is 9.08. The van der Waals surface area contributed by atoms with Gasteiger partial charge in [0.25, 0.3) is 0 Å². The van der Waals surface area contributed by atoms with Crippen molar-refractivity contribution in [1.29, 1.82) is 0 Å². The van der Waals surface area contributed by atoms with Gasteiger partial charge in [-0.2, -0.15) is 0 Å². The summed E-state index contributed by atoms with van der Waals surface area (Å²) in [5, 5.41) is -0.710. The van der Waals surface area contributed by atoms with E-state index in [1.807, 2.05) is 31.2 Å². The fourth-order valence-electron chi connectivity index (χ4n) is 2.12. The summed E-state index contributed by atoms with van der Waals surface area (Å²) >= 11 is 2.15. The molecule has 2 rings (SSSR count). The lowest BCUT2D eigenvalue weighted by molar-refractivity contribution is 0.582. The van der Waals surface area contributed by atoms with Crippen LogP contribution in [-0.2, 0) is 9.84 Å². The van der Waals surface area contributed by atoms with E-state index in [1.54, 1.807) is 24.3 Å². The molecule has 0 saturated carbocycles. The minimum absolute atomic E-state index is 0.163. The molecule has 4 heteroatoms. The van der Waals surface area contributed by atoms with E-state index < -0.39 is 15.1 Å². The Balaban J connectivity index is 2.55. The number of hydrogen-bond acceptors (Lipinski definition) is 2. The van der Waals surface area contributed by atoms with Gasteiger partial charge in [0, 0.05) is 9.99 Å². The maximum absolute atomic E-state index is 12.9. The lowest BCUT2D eigenvalue weighted by atomic mass is 10.1. The highest BCUT2D eigenvalue weighted by molar-refractivity contribution is 14.1. The van der Waals surface area contributed by atoms with Crippen molar-refractivity contribution in [2.24, 2.45) is 0 Å². The van der Waals surface area contributed by atoms with Gasteiger partial charge < -0.3 is 0 Å². The largest absolute Gasteiger partial charge is 0.223 e. The van der Waals surface area contributed by atoms with Crippen LogP contribution in [0.5, 0.6) is 0 Å². The van der Waals surface area contributed by atoms with Crippen LogP contribution >= 0.6 is 22.6 Å². The van der Waals surface area contributed by atoms with Gasteiger partial charge in [-0.15, -0.1) is 12.3 Å². The molecule has 2 aromatic carbocycles. The van der Waals surface area contributed by atoms with Crippen molar-refractivity contribution in [2.75, 3.05) is 0 Å². The topological polar surface area (TPSA) is 34.1 Å². The smallest absolute Gasteiger partial charge is 0.186 e. The van der Waals surface area contributed by atoms with Crippen LogP contribution in [0, 0.1) is 22.8 Å². The van der Waals surface area contributed by atoms with Crippen molar-refractivity contribution in [1.82, 2.24) is 0 Å². The highest BCUT2D eigenvalue weighted by Gasteiger charge is 2.29. The van der Waals surface area contributed by atoms with Crippen molar-refractivity contribution >= 4 is 32.4 Å². The first-order chi connectivity index (χ1) is 9.96. The van der Waals surface area contributed by atoms with E-state index in [-0.39, 0.29) is 6.42 Å². The van der Waals surface area contributed by atoms with Crippen LogP contribution < -0.4 is 0 Å². The quantitative estimate of drug-likeness (QED) is 0.561. The minimum atomic E-state index is -3.50. The van der Waals surface area contributed by atoms with Gasteiger partial charge in [-0.1, -0.05) is 35.9 Å². The number of aryl methyl sites for hydroxylation is 1. The van der Waals surface area contributed by atoms with Crippen LogP contribution in [0.3, 0.4) is 0 Å².